The van der Waals surface area contributed by atoms with Crippen molar-refractivity contribution >= 4 is 11.1 Å². The first-order valence-corrected chi connectivity index (χ1v) is 4.45. The molecule has 0 aliphatic heterocycles. The molecule has 74 valence electrons. The van der Waals surface area contributed by atoms with Crippen LogP contribution in [0, 0.1) is 0 Å². The Morgan fingerprint density at radius 1 is 1.15 bits per heavy atom. The Hall–Kier alpha value is -0.870. The molecule has 0 amide bonds. The summed E-state index contributed by atoms with van der Waals surface area (Å²) in [5, 5.41) is 0. The van der Waals surface area contributed by atoms with Gasteiger partial charge >= 0.3 is 0 Å². The van der Waals surface area contributed by atoms with Gasteiger partial charge in [0.2, 0.25) is 0 Å². The molecule has 0 aromatic heterocycles. The van der Waals surface area contributed by atoms with Crippen LogP contribution in [-0.2, 0) is 15.3 Å². The molecular weight excluding hydrogens is 188 g/mol. The summed E-state index contributed by atoms with van der Waals surface area (Å²) >= 11 is -1.36. The topological polar surface area (TPSA) is 35.5 Å². The number of benzene rings is 1. The zero-order chi connectivity index (χ0) is 8.97. The van der Waals surface area contributed by atoms with Crippen molar-refractivity contribution in [3.05, 3.63) is 24.3 Å². The summed E-state index contributed by atoms with van der Waals surface area (Å²) in [7, 11) is 2.99. The lowest BCUT2D eigenvalue weighted by Crippen LogP contribution is -1.92. The fraction of sp³-hybridized carbons (Fsp3) is 0.333. The molecule has 0 heterocycles. The van der Waals surface area contributed by atoms with E-state index >= 15 is 0 Å². The van der Waals surface area contributed by atoms with Crippen LogP contribution in [-0.4, -0.2) is 18.4 Å². The second-order valence-corrected chi connectivity index (χ2v) is 3.35. The SMILES string of the molecule is C.COc1ccc(S(=O)OC)cc1. The molecule has 0 spiro atoms. The maximum atomic E-state index is 11.1. The Labute approximate surface area is 81.3 Å². The van der Waals surface area contributed by atoms with Crippen molar-refractivity contribution in [1.29, 1.82) is 0 Å². The van der Waals surface area contributed by atoms with Gasteiger partial charge in [0, 0.05) is 0 Å². The minimum absolute atomic E-state index is 0. The molecular formula is C9H14O3S. The molecule has 0 N–H and O–H groups in total. The van der Waals surface area contributed by atoms with Crippen molar-refractivity contribution in [2.75, 3.05) is 14.2 Å². The van der Waals surface area contributed by atoms with Gasteiger partial charge in [-0.05, 0) is 24.3 Å². The van der Waals surface area contributed by atoms with E-state index in [4.69, 9.17) is 4.74 Å². The fourth-order valence-electron chi connectivity index (χ4n) is 0.783. The highest BCUT2D eigenvalue weighted by Gasteiger charge is 2.00. The van der Waals surface area contributed by atoms with Gasteiger partial charge in [-0.3, -0.25) is 4.18 Å². The summed E-state index contributed by atoms with van der Waals surface area (Å²) < 4.78 is 20.6. The standard InChI is InChI=1S/C8H10O3S.CH4/c1-10-7-3-5-8(6-4-7)12(9)11-2;/h3-6H,1-2H3;1H4. The smallest absolute Gasteiger partial charge is 0.188 e. The highest BCUT2D eigenvalue weighted by atomic mass is 32.2. The molecule has 0 fully saturated rings. The van der Waals surface area contributed by atoms with E-state index in [2.05, 4.69) is 4.18 Å². The predicted molar refractivity (Wildman–Crippen MR) is 53.1 cm³/mol. The van der Waals surface area contributed by atoms with Crippen LogP contribution in [0.4, 0.5) is 0 Å². The Kier molecular flexibility index (Phi) is 5.34. The summed E-state index contributed by atoms with van der Waals surface area (Å²) in [5.41, 5.74) is 0. The second kappa shape index (κ2) is 5.72. The molecule has 13 heavy (non-hydrogen) atoms. The van der Waals surface area contributed by atoms with Crippen molar-refractivity contribution in [1.82, 2.24) is 0 Å². The Morgan fingerprint density at radius 2 is 1.69 bits per heavy atom. The lowest BCUT2D eigenvalue weighted by molar-refractivity contribution is 0.414. The molecule has 0 bridgehead atoms. The van der Waals surface area contributed by atoms with E-state index in [-0.39, 0.29) is 7.43 Å². The molecule has 0 saturated heterocycles. The molecule has 0 aliphatic carbocycles. The number of ether oxygens (including phenoxy) is 1. The van der Waals surface area contributed by atoms with Crippen LogP contribution in [0.15, 0.2) is 29.2 Å². The minimum atomic E-state index is -1.36. The third-order valence-corrected chi connectivity index (χ3v) is 2.36. The average molecular weight is 202 g/mol. The van der Waals surface area contributed by atoms with Crippen LogP contribution < -0.4 is 4.74 Å². The van der Waals surface area contributed by atoms with Crippen molar-refractivity contribution in [2.24, 2.45) is 0 Å². The molecule has 0 aliphatic rings. The molecule has 1 atom stereocenters. The lowest BCUT2D eigenvalue weighted by atomic mass is 10.3. The molecule has 3 nitrogen and oxygen atoms in total. The third kappa shape index (κ3) is 3.16. The van der Waals surface area contributed by atoms with Crippen LogP contribution >= 0.6 is 0 Å². The number of hydrogen-bond acceptors (Lipinski definition) is 3. The van der Waals surface area contributed by atoms with Crippen molar-refractivity contribution in [2.45, 2.75) is 12.3 Å². The van der Waals surface area contributed by atoms with Gasteiger partial charge in [0.1, 0.15) is 5.75 Å². The highest BCUT2D eigenvalue weighted by Crippen LogP contribution is 2.13. The van der Waals surface area contributed by atoms with E-state index in [9.17, 15) is 4.21 Å². The van der Waals surface area contributed by atoms with E-state index in [1.807, 2.05) is 0 Å². The number of hydrogen-bond donors (Lipinski definition) is 0. The first-order valence-electron chi connectivity index (χ1n) is 3.38. The van der Waals surface area contributed by atoms with Crippen LogP contribution in [0.3, 0.4) is 0 Å². The van der Waals surface area contributed by atoms with Crippen LogP contribution in [0.5, 0.6) is 5.75 Å². The van der Waals surface area contributed by atoms with Gasteiger partial charge in [-0.2, -0.15) is 0 Å². The zero-order valence-electron chi connectivity index (χ0n) is 6.94. The number of methoxy groups -OCH3 is 1. The molecule has 1 aromatic rings. The Balaban J connectivity index is 0.00000144. The second-order valence-electron chi connectivity index (χ2n) is 2.08. The normalized spacial score (nSPS) is 11.5. The minimum Gasteiger partial charge on any atom is -0.497 e. The molecule has 4 heteroatoms. The molecule has 0 saturated carbocycles. The van der Waals surface area contributed by atoms with Crippen molar-refractivity contribution < 1.29 is 13.1 Å². The monoisotopic (exact) mass is 202 g/mol. The van der Waals surface area contributed by atoms with Crippen molar-refractivity contribution in [3.63, 3.8) is 0 Å². The molecule has 1 aromatic carbocycles. The quantitative estimate of drug-likeness (QED) is 0.752. The van der Waals surface area contributed by atoms with E-state index in [1.54, 1.807) is 31.4 Å². The summed E-state index contributed by atoms with van der Waals surface area (Å²) in [6.07, 6.45) is 0. The van der Waals surface area contributed by atoms with Gasteiger partial charge in [-0.15, -0.1) is 0 Å². The van der Waals surface area contributed by atoms with Crippen LogP contribution in [0.2, 0.25) is 0 Å². The zero-order valence-corrected chi connectivity index (χ0v) is 7.76. The summed E-state index contributed by atoms with van der Waals surface area (Å²) in [6, 6.07) is 6.90. The molecule has 1 unspecified atom stereocenters. The van der Waals surface area contributed by atoms with Gasteiger partial charge in [-0.1, -0.05) is 7.43 Å². The summed E-state index contributed by atoms with van der Waals surface area (Å²) in [5.74, 6) is 0.742. The van der Waals surface area contributed by atoms with Gasteiger partial charge in [0.15, 0.2) is 11.1 Å². The maximum Gasteiger partial charge on any atom is 0.188 e. The Bertz CT molecular complexity index is 269. The molecule has 1 rings (SSSR count). The van der Waals surface area contributed by atoms with Gasteiger partial charge < -0.3 is 4.74 Å². The summed E-state index contributed by atoms with van der Waals surface area (Å²) in [4.78, 5) is 0.637. The largest absolute Gasteiger partial charge is 0.497 e. The van der Waals surface area contributed by atoms with Crippen molar-refractivity contribution in [3.8, 4) is 5.75 Å². The van der Waals surface area contributed by atoms with Crippen LogP contribution in [0.1, 0.15) is 7.43 Å². The highest BCUT2D eigenvalue weighted by molar-refractivity contribution is 7.80. The van der Waals surface area contributed by atoms with Gasteiger partial charge in [0.25, 0.3) is 0 Å². The lowest BCUT2D eigenvalue weighted by Gasteiger charge is -2.00. The molecule has 0 radical (unpaired) electrons. The maximum absolute atomic E-state index is 11.1. The predicted octanol–water partition coefficient (Wildman–Crippen LogP) is 2.00. The van der Waals surface area contributed by atoms with Gasteiger partial charge in [-0.25, -0.2) is 4.21 Å². The Morgan fingerprint density at radius 3 is 2.08 bits per heavy atom. The van der Waals surface area contributed by atoms with E-state index in [0.29, 0.717) is 4.90 Å². The van der Waals surface area contributed by atoms with E-state index in [1.165, 1.54) is 7.11 Å². The fourth-order valence-corrected chi connectivity index (χ4v) is 1.33. The van der Waals surface area contributed by atoms with Gasteiger partial charge in [0.05, 0.1) is 19.1 Å². The first-order chi connectivity index (χ1) is 5.77. The third-order valence-electron chi connectivity index (χ3n) is 1.40. The van der Waals surface area contributed by atoms with Crippen LogP contribution in [0.25, 0.3) is 0 Å². The summed E-state index contributed by atoms with van der Waals surface area (Å²) in [6.45, 7) is 0. The van der Waals surface area contributed by atoms with E-state index in [0.717, 1.165) is 5.75 Å². The number of rotatable bonds is 3. The van der Waals surface area contributed by atoms with E-state index < -0.39 is 11.1 Å². The average Bonchev–Trinajstić information content (AvgIpc) is 2.17. The first kappa shape index (κ1) is 12.1.